The van der Waals surface area contributed by atoms with Crippen molar-refractivity contribution in [1.29, 1.82) is 0 Å². The Hall–Kier alpha value is -2.54. The zero-order valence-corrected chi connectivity index (χ0v) is 32.4. The van der Waals surface area contributed by atoms with Gasteiger partial charge in [-0.2, -0.15) is 84.3 Å². The second-order valence-electron chi connectivity index (χ2n) is 11.8. The van der Waals surface area contributed by atoms with E-state index < -0.39 is 0 Å². The van der Waals surface area contributed by atoms with Crippen LogP contribution in [0.2, 0.25) is 0 Å². The van der Waals surface area contributed by atoms with Crippen molar-refractivity contribution in [3.63, 3.8) is 0 Å². The molecule has 3 aromatic rings. The Balaban J connectivity index is -0.000000101. The summed E-state index contributed by atoms with van der Waals surface area (Å²) in [5.41, 5.74) is 18.6. The van der Waals surface area contributed by atoms with Crippen LogP contribution in [0.15, 0.2) is 72.8 Å². The first-order chi connectivity index (χ1) is 21.4. The van der Waals surface area contributed by atoms with Crippen LogP contribution in [0, 0.1) is 50.7 Å². The number of nitrogens with two attached hydrogens (primary N) is 3. The molecule has 0 radical (unpaired) electrons. The zero-order chi connectivity index (χ0) is 37.5. The van der Waals surface area contributed by atoms with E-state index in [9.17, 15) is 0 Å². The van der Waals surface area contributed by atoms with Gasteiger partial charge in [-0.25, -0.2) is 0 Å². The average molecular weight is 719 g/mol. The van der Waals surface area contributed by atoms with Crippen LogP contribution in [-0.4, -0.2) is 15.6 Å². The maximum atomic E-state index is 8.73. The topological polar surface area (TPSA) is 156 Å². The molecule has 0 aromatic heterocycles. The summed E-state index contributed by atoms with van der Waals surface area (Å²) >= 11 is 0.300. The van der Waals surface area contributed by atoms with Gasteiger partial charge < -0.3 is 50.0 Å². The first-order valence-electron chi connectivity index (χ1n) is 15.1. The first kappa shape index (κ1) is 55.8. The number of phenols is 1. The predicted molar refractivity (Wildman–Crippen MR) is 197 cm³/mol. The fourth-order valence-electron chi connectivity index (χ4n) is 1.84. The van der Waals surface area contributed by atoms with Crippen molar-refractivity contribution in [3.8, 4) is 5.75 Å². The van der Waals surface area contributed by atoms with Crippen LogP contribution < -0.4 is 17.2 Å². The van der Waals surface area contributed by atoms with Crippen LogP contribution in [0.5, 0.6) is 5.75 Å². The van der Waals surface area contributed by atoms with Gasteiger partial charge in [-0.15, -0.1) is 0 Å². The number of unbranched alkanes of at least 4 members (excludes halogenated alkanes) is 4. The molecule has 46 heavy (non-hydrogen) atoms. The second-order valence-corrected chi connectivity index (χ2v) is 11.8. The Kier molecular flexibility index (Phi) is 51.5. The third-order valence-corrected chi connectivity index (χ3v) is 3.54. The van der Waals surface area contributed by atoms with Crippen LogP contribution in [0.3, 0.4) is 0 Å². The number of phenolic OH excluding ortho intramolecular Hbond substituents is 1. The molecule has 9 N–H and O–H groups in total. The van der Waals surface area contributed by atoms with Gasteiger partial charge in [0.25, 0.3) is 0 Å². The Morgan fingerprint density at radius 2 is 0.978 bits per heavy atom. The number of nitrogen functional groups attached to an aromatic ring is 3. The molecule has 3 rings (SSSR count). The monoisotopic (exact) mass is 717 g/mol. The molecule has 0 saturated carbocycles. The molecule has 3 aromatic carbocycles. The molecule has 0 unspecified atom stereocenters. The van der Waals surface area contributed by atoms with E-state index >= 15 is 0 Å². The van der Waals surface area contributed by atoms with Crippen molar-refractivity contribution in [3.05, 3.63) is 113 Å². The number of aromatic hydroxyl groups is 1. The molecule has 0 amide bonds. The Morgan fingerprint density at radius 3 is 1.09 bits per heavy atom. The molecule has 0 atom stereocenters. The van der Waals surface area contributed by atoms with E-state index in [1.54, 1.807) is 30.3 Å². The van der Waals surface area contributed by atoms with E-state index in [-0.39, 0.29) is 16.6 Å². The van der Waals surface area contributed by atoms with Crippen LogP contribution in [0.25, 0.3) is 0 Å². The first-order valence-corrected chi connectivity index (χ1v) is 16.1. The van der Waals surface area contributed by atoms with Crippen LogP contribution in [0.4, 0.5) is 17.1 Å². The van der Waals surface area contributed by atoms with E-state index in [0.29, 0.717) is 30.4 Å². The van der Waals surface area contributed by atoms with Gasteiger partial charge in [0.1, 0.15) is 5.75 Å². The fraction of sp³-hybridized carbons (Fsp3) is 0.421. The van der Waals surface area contributed by atoms with Gasteiger partial charge in [0.15, 0.2) is 0 Å². The number of hydrogen-bond donors (Lipinski definition) is 6. The SMILES string of the molecule is Nc1c[c-]ccc1.Nc1c[c-]ccc1.Nc1cccc(O)c1.OO.[CH2-]C(C)(C)C.[CH2-]C(C)(C)C.[CH2-]CCCC.[CH2-]CCCC.[O]=[Zr]. The van der Waals surface area contributed by atoms with Gasteiger partial charge in [-0.3, -0.25) is 10.5 Å². The Labute approximate surface area is 299 Å². The van der Waals surface area contributed by atoms with Crippen molar-refractivity contribution in [2.45, 2.75) is 93.9 Å². The van der Waals surface area contributed by atoms with E-state index in [1.807, 2.05) is 36.4 Å². The van der Waals surface area contributed by atoms with Crippen LogP contribution in [-0.2, 0) is 27.5 Å². The minimum atomic E-state index is 0.213. The minimum absolute atomic E-state index is 0.213. The summed E-state index contributed by atoms with van der Waals surface area (Å²) in [5.74, 6) is 0.213. The van der Waals surface area contributed by atoms with Gasteiger partial charge in [-0.05, 0) is 12.1 Å². The molecular weight excluding hydrogens is 654 g/mol. The molecule has 8 heteroatoms. The molecule has 266 valence electrons. The number of anilines is 3. The van der Waals surface area contributed by atoms with Crippen molar-refractivity contribution in [2.24, 2.45) is 10.8 Å². The van der Waals surface area contributed by atoms with Crippen LogP contribution in [0.1, 0.15) is 93.9 Å². The summed E-state index contributed by atoms with van der Waals surface area (Å²) in [7, 11) is 0. The van der Waals surface area contributed by atoms with Crippen molar-refractivity contribution in [1.82, 2.24) is 0 Å². The summed E-state index contributed by atoms with van der Waals surface area (Å²) < 4.78 is 8.34. The number of rotatable bonds is 4. The van der Waals surface area contributed by atoms with Gasteiger partial charge in [0.05, 0.1) is 0 Å². The van der Waals surface area contributed by atoms with Crippen LogP contribution >= 0.6 is 0 Å². The molecule has 0 aliphatic carbocycles. The van der Waals surface area contributed by atoms with Gasteiger partial charge in [0, 0.05) is 11.8 Å². The molecule has 0 bridgehead atoms. The second kappa shape index (κ2) is 42.5. The third kappa shape index (κ3) is 90.0. The Bertz CT molecular complexity index is 845. The van der Waals surface area contributed by atoms with Gasteiger partial charge in [0.2, 0.25) is 0 Å². The fourth-order valence-corrected chi connectivity index (χ4v) is 1.84. The van der Waals surface area contributed by atoms with Crippen molar-refractivity contribution < 1.29 is 43.2 Å². The van der Waals surface area contributed by atoms with Crippen molar-refractivity contribution in [2.75, 3.05) is 17.2 Å². The molecule has 0 heterocycles. The van der Waals surface area contributed by atoms with Gasteiger partial charge >= 0.3 is 27.5 Å². The van der Waals surface area contributed by atoms with E-state index in [4.69, 9.17) is 35.6 Å². The molecule has 0 spiro atoms. The molecule has 0 fully saturated rings. The van der Waals surface area contributed by atoms with E-state index in [0.717, 1.165) is 24.2 Å². The summed E-state index contributed by atoms with van der Waals surface area (Å²) in [5, 5.41) is 20.7. The standard InChI is InChI=1S/C6H7NO.2C6H6N.4C5H11.H2O2.O.Zr/c7-5-2-1-3-6(8)4-5;2*7-6-4-2-1-3-5-6;2*1-5(2,3)4;2*1-3-5-4-2;1-2;;/h1-4,8H,7H2;2*1-2,4-5H,7H2;2*1H2,2-4H3;2*1,3-5H2,2H3;1-2H;;/q;6*-1;;;. The Morgan fingerprint density at radius 1 is 0.674 bits per heavy atom. The normalized spacial score (nSPS) is 8.80. The third-order valence-electron chi connectivity index (χ3n) is 3.54. The maximum absolute atomic E-state index is 8.73. The summed E-state index contributed by atoms with van der Waals surface area (Å²) in [6, 6.07) is 26.6. The molecular formula is C38H65N3O4Zr-6. The summed E-state index contributed by atoms with van der Waals surface area (Å²) in [4.78, 5) is 0. The molecule has 0 saturated heterocycles. The molecule has 7 nitrogen and oxygen atoms in total. The predicted octanol–water partition coefficient (Wildman–Crippen LogP) is 10.8. The summed E-state index contributed by atoms with van der Waals surface area (Å²) in [6.07, 6.45) is 7.31. The zero-order valence-electron chi connectivity index (χ0n) is 30.0. The summed E-state index contributed by atoms with van der Waals surface area (Å²) in [6.45, 7) is 31.7. The number of hydrogen-bond acceptors (Lipinski definition) is 7. The van der Waals surface area contributed by atoms with E-state index in [2.05, 4.69) is 95.2 Å². The van der Waals surface area contributed by atoms with E-state index in [1.165, 1.54) is 31.7 Å². The molecule has 0 aliphatic rings. The van der Waals surface area contributed by atoms with Crippen molar-refractivity contribution >= 4 is 17.1 Å². The quantitative estimate of drug-likeness (QED) is 0.0678. The number of benzene rings is 3. The molecule has 0 aliphatic heterocycles. The van der Waals surface area contributed by atoms with Gasteiger partial charge in [-0.1, -0.05) is 98.5 Å². The average Bonchev–Trinajstić information content (AvgIpc) is 2.97.